The smallest absolute Gasteiger partial charge is 0.322 e. The molecule has 1 aliphatic heterocycles. The van der Waals surface area contributed by atoms with Crippen LogP contribution in [0.4, 0.5) is 0 Å². The molecule has 18 heavy (non-hydrogen) atoms. The zero-order valence-electron chi connectivity index (χ0n) is 10.7. The van der Waals surface area contributed by atoms with Crippen LogP contribution in [0.2, 0.25) is 0 Å². The fourth-order valence-electron chi connectivity index (χ4n) is 2.48. The minimum atomic E-state index is -0.782. The Morgan fingerprint density at radius 1 is 1.44 bits per heavy atom. The fourth-order valence-corrected chi connectivity index (χ4v) is 2.48. The number of carbonyl (C=O) groups is 1. The predicted molar refractivity (Wildman–Crippen MR) is 70.5 cm³/mol. The highest BCUT2D eigenvalue weighted by molar-refractivity contribution is 5.73. The molecule has 0 radical (unpaired) electrons. The first-order chi connectivity index (χ1) is 8.70. The Labute approximate surface area is 108 Å². The summed E-state index contributed by atoms with van der Waals surface area (Å²) >= 11 is 0. The molecule has 0 spiro atoms. The van der Waals surface area contributed by atoms with Crippen LogP contribution in [0, 0.1) is 0 Å². The molecule has 2 rings (SSSR count). The van der Waals surface area contributed by atoms with Gasteiger partial charge >= 0.3 is 5.97 Å². The lowest BCUT2D eigenvalue weighted by atomic mass is 10.0. The Hall–Kier alpha value is -1.39. The Morgan fingerprint density at radius 3 is 2.83 bits per heavy atom. The SMILES string of the molecule is CNC(CN1CCCc2ccccc2C1)C(=O)O. The molecular weight excluding hydrogens is 228 g/mol. The number of likely N-dealkylation sites (N-methyl/N-ethyl adjacent to an activating group) is 1. The molecule has 0 aromatic heterocycles. The number of aryl methyl sites for hydroxylation is 1. The first-order valence-electron chi connectivity index (χ1n) is 6.40. The van der Waals surface area contributed by atoms with Crippen molar-refractivity contribution in [1.82, 2.24) is 10.2 Å². The lowest BCUT2D eigenvalue weighted by molar-refractivity contribution is -0.139. The van der Waals surface area contributed by atoms with E-state index in [0.717, 1.165) is 25.9 Å². The topological polar surface area (TPSA) is 52.6 Å². The van der Waals surface area contributed by atoms with Crippen LogP contribution in [-0.4, -0.2) is 42.2 Å². The van der Waals surface area contributed by atoms with Crippen molar-refractivity contribution < 1.29 is 9.90 Å². The number of nitrogens with zero attached hydrogens (tertiary/aromatic N) is 1. The number of rotatable bonds is 4. The Kier molecular flexibility index (Phi) is 4.33. The van der Waals surface area contributed by atoms with Gasteiger partial charge in [0.1, 0.15) is 6.04 Å². The van der Waals surface area contributed by atoms with Gasteiger partial charge < -0.3 is 10.4 Å². The van der Waals surface area contributed by atoms with Gasteiger partial charge in [0.25, 0.3) is 0 Å². The normalized spacial score (nSPS) is 17.8. The number of fused-ring (bicyclic) bond motifs is 1. The second-order valence-corrected chi connectivity index (χ2v) is 4.79. The molecule has 0 fully saturated rings. The molecule has 0 bridgehead atoms. The molecule has 1 unspecified atom stereocenters. The molecule has 0 aliphatic carbocycles. The maximum Gasteiger partial charge on any atom is 0.322 e. The molecule has 2 N–H and O–H groups in total. The van der Waals surface area contributed by atoms with Gasteiger partial charge in [-0.25, -0.2) is 0 Å². The summed E-state index contributed by atoms with van der Waals surface area (Å²) in [7, 11) is 1.70. The highest BCUT2D eigenvalue weighted by atomic mass is 16.4. The van der Waals surface area contributed by atoms with Crippen molar-refractivity contribution in [3.05, 3.63) is 35.4 Å². The van der Waals surface area contributed by atoms with Crippen LogP contribution in [0.15, 0.2) is 24.3 Å². The van der Waals surface area contributed by atoms with Gasteiger partial charge in [-0.05, 0) is 37.6 Å². The number of nitrogens with one attached hydrogen (secondary N) is 1. The van der Waals surface area contributed by atoms with Gasteiger partial charge in [-0.1, -0.05) is 24.3 Å². The largest absolute Gasteiger partial charge is 0.480 e. The van der Waals surface area contributed by atoms with E-state index >= 15 is 0 Å². The summed E-state index contributed by atoms with van der Waals surface area (Å²) in [5.74, 6) is -0.782. The molecule has 0 saturated carbocycles. The van der Waals surface area contributed by atoms with E-state index in [-0.39, 0.29) is 0 Å². The number of aliphatic carboxylic acids is 1. The molecule has 1 aliphatic rings. The first kappa shape index (κ1) is 13.1. The van der Waals surface area contributed by atoms with Crippen molar-refractivity contribution in [2.24, 2.45) is 0 Å². The maximum atomic E-state index is 11.0. The minimum absolute atomic E-state index is 0.490. The molecule has 0 amide bonds. The van der Waals surface area contributed by atoms with Crippen LogP contribution in [0.5, 0.6) is 0 Å². The highest BCUT2D eigenvalue weighted by Gasteiger charge is 2.21. The Balaban J connectivity index is 2.05. The van der Waals surface area contributed by atoms with Gasteiger partial charge in [0.15, 0.2) is 0 Å². The molecule has 0 saturated heterocycles. The van der Waals surface area contributed by atoms with Crippen LogP contribution in [0.1, 0.15) is 17.5 Å². The summed E-state index contributed by atoms with van der Waals surface area (Å²) in [4.78, 5) is 13.3. The maximum absolute atomic E-state index is 11.0. The zero-order valence-corrected chi connectivity index (χ0v) is 10.7. The second-order valence-electron chi connectivity index (χ2n) is 4.79. The van der Waals surface area contributed by atoms with Gasteiger partial charge in [0.2, 0.25) is 0 Å². The third kappa shape index (κ3) is 3.09. The molecule has 4 nitrogen and oxygen atoms in total. The summed E-state index contributed by atoms with van der Waals surface area (Å²) < 4.78 is 0. The van der Waals surface area contributed by atoms with Crippen molar-refractivity contribution in [3.63, 3.8) is 0 Å². The summed E-state index contributed by atoms with van der Waals surface area (Å²) in [5.41, 5.74) is 2.73. The fraction of sp³-hybridized carbons (Fsp3) is 0.500. The van der Waals surface area contributed by atoms with E-state index in [9.17, 15) is 4.79 Å². The van der Waals surface area contributed by atoms with Crippen molar-refractivity contribution in [1.29, 1.82) is 0 Å². The van der Waals surface area contributed by atoms with Gasteiger partial charge in [-0.3, -0.25) is 9.69 Å². The second kappa shape index (κ2) is 5.98. The van der Waals surface area contributed by atoms with Crippen molar-refractivity contribution in [2.45, 2.75) is 25.4 Å². The number of hydrogen-bond acceptors (Lipinski definition) is 3. The molecule has 1 aromatic rings. The average molecular weight is 248 g/mol. The summed E-state index contributed by atoms with van der Waals surface area (Å²) in [6.07, 6.45) is 2.18. The van der Waals surface area contributed by atoms with E-state index in [0.29, 0.717) is 6.54 Å². The van der Waals surface area contributed by atoms with Gasteiger partial charge in [0, 0.05) is 13.1 Å². The van der Waals surface area contributed by atoms with Gasteiger partial charge in [-0.15, -0.1) is 0 Å². The van der Waals surface area contributed by atoms with Crippen LogP contribution in [0.25, 0.3) is 0 Å². The van der Waals surface area contributed by atoms with E-state index in [2.05, 4.69) is 34.5 Å². The monoisotopic (exact) mass is 248 g/mol. The number of carboxylic acids is 1. The summed E-state index contributed by atoms with van der Waals surface area (Å²) in [6.45, 7) is 2.36. The van der Waals surface area contributed by atoms with Crippen LogP contribution in [-0.2, 0) is 17.8 Å². The van der Waals surface area contributed by atoms with Crippen molar-refractivity contribution >= 4 is 5.97 Å². The van der Waals surface area contributed by atoms with Gasteiger partial charge in [0.05, 0.1) is 0 Å². The van der Waals surface area contributed by atoms with Crippen molar-refractivity contribution in [3.8, 4) is 0 Å². The van der Waals surface area contributed by atoms with Crippen LogP contribution < -0.4 is 5.32 Å². The summed E-state index contributed by atoms with van der Waals surface area (Å²) in [5, 5.41) is 11.9. The van der Waals surface area contributed by atoms with E-state index in [1.54, 1.807) is 7.05 Å². The molecule has 1 heterocycles. The van der Waals surface area contributed by atoms with Crippen LogP contribution >= 0.6 is 0 Å². The number of hydrogen-bond donors (Lipinski definition) is 2. The molecular formula is C14H20N2O2. The average Bonchev–Trinajstić information content (AvgIpc) is 2.57. The zero-order chi connectivity index (χ0) is 13.0. The lowest BCUT2D eigenvalue weighted by Gasteiger charge is -2.24. The number of benzene rings is 1. The molecule has 1 aromatic carbocycles. The summed E-state index contributed by atoms with van der Waals surface area (Å²) in [6, 6.07) is 7.95. The first-order valence-corrected chi connectivity index (χ1v) is 6.40. The molecule has 98 valence electrons. The van der Waals surface area contributed by atoms with Crippen LogP contribution in [0.3, 0.4) is 0 Å². The molecule has 1 atom stereocenters. The Morgan fingerprint density at radius 2 is 2.17 bits per heavy atom. The van der Waals surface area contributed by atoms with E-state index in [1.165, 1.54) is 11.1 Å². The van der Waals surface area contributed by atoms with Gasteiger partial charge in [-0.2, -0.15) is 0 Å². The third-order valence-corrected chi connectivity index (χ3v) is 3.52. The predicted octanol–water partition coefficient (Wildman–Crippen LogP) is 1.11. The van der Waals surface area contributed by atoms with E-state index in [4.69, 9.17) is 5.11 Å². The lowest BCUT2D eigenvalue weighted by Crippen LogP contribution is -2.44. The highest BCUT2D eigenvalue weighted by Crippen LogP contribution is 2.18. The number of carboxylic acid groups (broad SMARTS) is 1. The van der Waals surface area contributed by atoms with E-state index in [1.807, 2.05) is 0 Å². The van der Waals surface area contributed by atoms with Crippen molar-refractivity contribution in [2.75, 3.05) is 20.1 Å². The minimum Gasteiger partial charge on any atom is -0.480 e. The third-order valence-electron chi connectivity index (χ3n) is 3.52. The standard InChI is InChI=1S/C14H20N2O2/c1-15-13(14(17)18)10-16-8-4-7-11-5-2-3-6-12(11)9-16/h2-3,5-6,13,15H,4,7-10H2,1H3,(H,17,18). The Bertz CT molecular complexity index is 420. The van der Waals surface area contributed by atoms with E-state index < -0.39 is 12.0 Å². The quantitative estimate of drug-likeness (QED) is 0.838. The molecule has 4 heteroatoms.